The monoisotopic (exact) mass is 391 g/mol. The summed E-state index contributed by atoms with van der Waals surface area (Å²) in [6.07, 6.45) is 0. The van der Waals surface area contributed by atoms with Gasteiger partial charge in [0.1, 0.15) is 11.6 Å². The van der Waals surface area contributed by atoms with E-state index >= 15 is 0 Å². The van der Waals surface area contributed by atoms with Crippen molar-refractivity contribution in [3.05, 3.63) is 47.2 Å². The molecule has 2 aromatic carbocycles. The molecule has 1 N–H and O–H groups in total. The molecule has 0 spiro atoms. The van der Waals surface area contributed by atoms with E-state index in [9.17, 15) is 9.18 Å². The van der Waals surface area contributed by atoms with E-state index in [4.69, 9.17) is 16.3 Å². The summed E-state index contributed by atoms with van der Waals surface area (Å²) in [5.74, 6) is 0.104. The van der Waals surface area contributed by atoms with E-state index in [1.807, 2.05) is 4.90 Å². The summed E-state index contributed by atoms with van der Waals surface area (Å²) in [7, 11) is 1.54. The first-order valence-corrected chi connectivity index (χ1v) is 9.18. The molecule has 3 aromatic rings. The van der Waals surface area contributed by atoms with Crippen molar-refractivity contribution < 1.29 is 13.9 Å². The molecule has 0 bridgehead atoms. The maximum atomic E-state index is 13.3. The number of amides is 1. The number of carbonyl (C=O) groups excluding carboxylic acids is 1. The molecular formula is C18H15ClFN3O2S. The molecule has 2 heterocycles. The fraction of sp³-hybridized carbons (Fsp3) is 0.222. The Morgan fingerprint density at radius 3 is 2.88 bits per heavy atom. The number of nitrogens with zero attached hydrogens (tertiary/aromatic N) is 2. The van der Waals surface area contributed by atoms with Crippen LogP contribution in [-0.4, -0.2) is 31.1 Å². The first-order chi connectivity index (χ1) is 12.5. The third-order valence-electron chi connectivity index (χ3n) is 4.28. The molecule has 8 heteroatoms. The Bertz CT molecular complexity index is 988. The molecule has 0 radical (unpaired) electrons. The lowest BCUT2D eigenvalue weighted by Gasteiger charge is -2.37. The van der Waals surface area contributed by atoms with Gasteiger partial charge in [-0.05, 0) is 36.4 Å². The molecule has 5 nitrogen and oxygen atoms in total. The van der Waals surface area contributed by atoms with Crippen LogP contribution in [0, 0.1) is 11.7 Å². The number of carbonyl (C=O) groups is 1. The van der Waals surface area contributed by atoms with Crippen LogP contribution in [0.5, 0.6) is 5.75 Å². The highest BCUT2D eigenvalue weighted by Gasteiger charge is 2.34. The Labute approximate surface area is 158 Å². The van der Waals surface area contributed by atoms with Gasteiger partial charge in [-0.25, -0.2) is 9.37 Å². The van der Waals surface area contributed by atoms with Crippen molar-refractivity contribution in [1.29, 1.82) is 0 Å². The summed E-state index contributed by atoms with van der Waals surface area (Å²) in [6.45, 7) is 1.16. The third kappa shape index (κ3) is 3.20. The number of aromatic nitrogens is 1. The average molecular weight is 392 g/mol. The van der Waals surface area contributed by atoms with E-state index in [0.717, 1.165) is 15.3 Å². The molecule has 1 aromatic heterocycles. The van der Waals surface area contributed by atoms with Crippen LogP contribution in [0.3, 0.4) is 0 Å². The summed E-state index contributed by atoms with van der Waals surface area (Å²) in [6, 6.07) is 9.68. The number of fused-ring (bicyclic) bond motifs is 1. The van der Waals surface area contributed by atoms with E-state index in [1.54, 1.807) is 31.4 Å². The van der Waals surface area contributed by atoms with Crippen molar-refractivity contribution in [2.75, 3.05) is 30.4 Å². The van der Waals surface area contributed by atoms with Gasteiger partial charge in [0.15, 0.2) is 5.13 Å². The zero-order valence-corrected chi connectivity index (χ0v) is 15.4. The lowest BCUT2D eigenvalue weighted by atomic mass is 10.00. The van der Waals surface area contributed by atoms with Crippen LogP contribution < -0.4 is 15.0 Å². The van der Waals surface area contributed by atoms with Crippen molar-refractivity contribution >= 4 is 49.9 Å². The van der Waals surface area contributed by atoms with Crippen molar-refractivity contribution in [2.24, 2.45) is 5.92 Å². The lowest BCUT2D eigenvalue weighted by molar-refractivity contribution is -0.120. The molecule has 0 saturated carbocycles. The molecule has 0 atom stereocenters. The zero-order chi connectivity index (χ0) is 18.3. The SMILES string of the molecule is COc1ccc(NC(=O)C2CN(c3nc4ccc(F)cc4s3)C2)cc1Cl. The van der Waals surface area contributed by atoms with Crippen LogP contribution in [0.2, 0.25) is 5.02 Å². The highest BCUT2D eigenvalue weighted by atomic mass is 35.5. The molecule has 1 fully saturated rings. The second-order valence-corrected chi connectivity index (χ2v) is 7.47. The standard InChI is InChI=1S/C18H15ClFN3O2S/c1-25-15-5-3-12(7-13(15)19)21-17(24)10-8-23(9-10)18-22-14-4-2-11(20)6-16(14)26-18/h2-7,10H,8-9H2,1H3,(H,21,24). The Balaban J connectivity index is 1.39. The molecule has 1 aliphatic rings. The van der Waals surface area contributed by atoms with Crippen molar-refractivity contribution in [1.82, 2.24) is 4.98 Å². The molecule has 134 valence electrons. The topological polar surface area (TPSA) is 54.5 Å². The first kappa shape index (κ1) is 17.1. The molecular weight excluding hydrogens is 377 g/mol. The maximum absolute atomic E-state index is 13.3. The van der Waals surface area contributed by atoms with Crippen LogP contribution in [-0.2, 0) is 4.79 Å². The summed E-state index contributed by atoms with van der Waals surface area (Å²) in [5.41, 5.74) is 1.40. The summed E-state index contributed by atoms with van der Waals surface area (Å²) in [5, 5.41) is 4.12. The van der Waals surface area contributed by atoms with Crippen molar-refractivity contribution in [2.45, 2.75) is 0 Å². The van der Waals surface area contributed by atoms with E-state index < -0.39 is 0 Å². The Morgan fingerprint density at radius 1 is 1.35 bits per heavy atom. The zero-order valence-electron chi connectivity index (χ0n) is 13.8. The van der Waals surface area contributed by atoms with Crippen LogP contribution in [0.4, 0.5) is 15.2 Å². The van der Waals surface area contributed by atoms with Gasteiger partial charge in [-0.1, -0.05) is 22.9 Å². The van der Waals surface area contributed by atoms with Crippen molar-refractivity contribution in [3.63, 3.8) is 0 Å². The second kappa shape index (κ2) is 6.74. The number of rotatable bonds is 4. The molecule has 0 unspecified atom stereocenters. The smallest absolute Gasteiger partial charge is 0.231 e. The van der Waals surface area contributed by atoms with Gasteiger partial charge in [0.2, 0.25) is 5.91 Å². The Morgan fingerprint density at radius 2 is 2.15 bits per heavy atom. The van der Waals surface area contributed by atoms with Gasteiger partial charge in [0.25, 0.3) is 0 Å². The molecule has 4 rings (SSSR count). The average Bonchev–Trinajstić information content (AvgIpc) is 2.96. The molecule has 1 amide bonds. The van der Waals surface area contributed by atoms with Gasteiger partial charge in [0.05, 0.1) is 28.3 Å². The van der Waals surface area contributed by atoms with E-state index in [-0.39, 0.29) is 17.6 Å². The largest absolute Gasteiger partial charge is 0.495 e. The summed E-state index contributed by atoms with van der Waals surface area (Å²) >= 11 is 7.51. The maximum Gasteiger partial charge on any atom is 0.231 e. The fourth-order valence-electron chi connectivity index (χ4n) is 2.81. The Kier molecular flexibility index (Phi) is 4.42. The minimum Gasteiger partial charge on any atom is -0.495 e. The Hall–Kier alpha value is -2.38. The number of methoxy groups -OCH3 is 1. The van der Waals surface area contributed by atoms with Crippen LogP contribution in [0.15, 0.2) is 36.4 Å². The quantitative estimate of drug-likeness (QED) is 0.725. The number of anilines is 2. The molecule has 0 aliphatic carbocycles. The minimum atomic E-state index is -0.272. The van der Waals surface area contributed by atoms with Gasteiger partial charge in [-0.2, -0.15) is 0 Å². The number of hydrogen-bond acceptors (Lipinski definition) is 5. The van der Waals surface area contributed by atoms with Gasteiger partial charge < -0.3 is 15.0 Å². The van der Waals surface area contributed by atoms with E-state index in [2.05, 4.69) is 10.3 Å². The van der Waals surface area contributed by atoms with Crippen LogP contribution >= 0.6 is 22.9 Å². The number of nitrogens with one attached hydrogen (secondary N) is 1. The van der Waals surface area contributed by atoms with Crippen LogP contribution in [0.25, 0.3) is 10.2 Å². The fourth-order valence-corrected chi connectivity index (χ4v) is 4.08. The highest BCUT2D eigenvalue weighted by Crippen LogP contribution is 2.34. The summed E-state index contributed by atoms with van der Waals surface area (Å²) < 4.78 is 19.2. The normalized spacial score (nSPS) is 14.3. The first-order valence-electron chi connectivity index (χ1n) is 7.99. The molecule has 26 heavy (non-hydrogen) atoms. The molecule has 1 saturated heterocycles. The van der Waals surface area contributed by atoms with E-state index in [0.29, 0.717) is 29.5 Å². The van der Waals surface area contributed by atoms with Crippen molar-refractivity contribution in [3.8, 4) is 5.75 Å². The number of halogens is 2. The predicted octanol–water partition coefficient (Wildman–Crippen LogP) is 4.17. The van der Waals surface area contributed by atoms with Gasteiger partial charge in [-0.15, -0.1) is 0 Å². The summed E-state index contributed by atoms with van der Waals surface area (Å²) in [4.78, 5) is 18.9. The number of benzene rings is 2. The second-order valence-electron chi connectivity index (χ2n) is 6.05. The predicted molar refractivity (Wildman–Crippen MR) is 102 cm³/mol. The van der Waals surface area contributed by atoms with Gasteiger partial charge in [0, 0.05) is 18.8 Å². The number of hydrogen-bond donors (Lipinski definition) is 1. The van der Waals surface area contributed by atoms with Gasteiger partial charge in [-0.3, -0.25) is 4.79 Å². The third-order valence-corrected chi connectivity index (χ3v) is 5.66. The van der Waals surface area contributed by atoms with E-state index in [1.165, 1.54) is 23.5 Å². The van der Waals surface area contributed by atoms with Crippen LogP contribution in [0.1, 0.15) is 0 Å². The number of thiazole rings is 1. The number of ether oxygens (including phenoxy) is 1. The molecule has 1 aliphatic heterocycles. The van der Waals surface area contributed by atoms with Gasteiger partial charge >= 0.3 is 0 Å². The lowest BCUT2D eigenvalue weighted by Crippen LogP contribution is -2.52. The highest BCUT2D eigenvalue weighted by molar-refractivity contribution is 7.22. The minimum absolute atomic E-state index is 0.0605.